The number of rotatable bonds is 2. The van der Waals surface area contributed by atoms with Gasteiger partial charge in [-0.05, 0) is 31.4 Å². The van der Waals surface area contributed by atoms with E-state index in [2.05, 4.69) is 36.6 Å². The van der Waals surface area contributed by atoms with Crippen molar-refractivity contribution in [3.05, 3.63) is 28.8 Å². The van der Waals surface area contributed by atoms with Crippen LogP contribution in [0.4, 0.5) is 5.69 Å². The van der Waals surface area contributed by atoms with Crippen LogP contribution >= 0.6 is 0 Å². The van der Waals surface area contributed by atoms with E-state index in [-0.39, 0.29) is 11.9 Å². The van der Waals surface area contributed by atoms with E-state index in [1.807, 2.05) is 6.92 Å². The van der Waals surface area contributed by atoms with Crippen LogP contribution in [0.3, 0.4) is 0 Å². The molecule has 0 saturated carbocycles. The lowest BCUT2D eigenvalue weighted by atomic mass is 10.0. The Bertz CT molecular complexity index is 450. The molecule has 0 spiro atoms. The maximum absolute atomic E-state index is 7.64. The van der Waals surface area contributed by atoms with Crippen molar-refractivity contribution < 1.29 is 0 Å². The molecule has 92 valence electrons. The van der Waals surface area contributed by atoms with Crippen LogP contribution in [0.1, 0.15) is 23.6 Å². The first-order chi connectivity index (χ1) is 7.93. The molecule has 0 aromatic heterocycles. The molecule has 0 fully saturated rings. The number of aryl methyl sites for hydroxylation is 3. The Morgan fingerprint density at radius 3 is 2.47 bits per heavy atom. The van der Waals surface area contributed by atoms with Crippen molar-refractivity contribution in [3.63, 3.8) is 0 Å². The van der Waals surface area contributed by atoms with E-state index in [1.165, 1.54) is 5.56 Å². The summed E-state index contributed by atoms with van der Waals surface area (Å²) in [5.74, 6) is -0.232. The van der Waals surface area contributed by atoms with Crippen molar-refractivity contribution in [2.24, 2.45) is 5.73 Å². The summed E-state index contributed by atoms with van der Waals surface area (Å²) in [5, 5.41) is 20.1. The minimum Gasteiger partial charge on any atom is -0.370 e. The molecule has 0 amide bonds. The van der Waals surface area contributed by atoms with E-state index in [1.54, 1.807) is 0 Å². The summed E-state index contributed by atoms with van der Waals surface area (Å²) >= 11 is 0. The smallest absolute Gasteiger partial charge is 0.199 e. The van der Waals surface area contributed by atoms with Crippen molar-refractivity contribution in [2.45, 2.75) is 27.2 Å². The molecule has 0 saturated heterocycles. The third-order valence-corrected chi connectivity index (χ3v) is 2.45. The molecule has 1 rings (SSSR count). The highest BCUT2D eigenvalue weighted by Gasteiger charge is 2.07. The molecule has 0 radical (unpaired) electrons. The van der Waals surface area contributed by atoms with Gasteiger partial charge in [0.05, 0.1) is 0 Å². The topological polar surface area (TPSA) is 97.8 Å². The highest BCUT2D eigenvalue weighted by Crippen LogP contribution is 2.23. The lowest BCUT2D eigenvalue weighted by Crippen LogP contribution is -2.39. The number of benzene rings is 1. The summed E-state index contributed by atoms with van der Waals surface area (Å²) in [6.07, 6.45) is 0.887. The second-order valence-corrected chi connectivity index (χ2v) is 4.01. The lowest BCUT2D eigenvalue weighted by molar-refractivity contribution is 1.12. The second-order valence-electron chi connectivity index (χ2n) is 4.01. The first-order valence-electron chi connectivity index (χ1n) is 5.50. The number of guanidine groups is 2. The van der Waals surface area contributed by atoms with Gasteiger partial charge in [-0.25, -0.2) is 0 Å². The molecule has 0 bridgehead atoms. The van der Waals surface area contributed by atoms with Crippen LogP contribution < -0.4 is 16.4 Å². The van der Waals surface area contributed by atoms with Crippen molar-refractivity contribution >= 4 is 17.6 Å². The molecule has 0 aliphatic carbocycles. The normalized spacial score (nSPS) is 9.82. The zero-order chi connectivity index (χ0) is 13.0. The average molecular weight is 233 g/mol. The van der Waals surface area contributed by atoms with Crippen LogP contribution in [0.15, 0.2) is 12.1 Å². The largest absolute Gasteiger partial charge is 0.370 e. The fourth-order valence-electron chi connectivity index (χ4n) is 1.80. The summed E-state index contributed by atoms with van der Waals surface area (Å²) in [6, 6.07) is 4.15. The standard InChI is InChI=1S/C12H19N5/c1-4-9-6-7(2)5-8(3)10(9)16-12(15)17-11(13)14/h5-6H,4H2,1-3H3,(H6,13,14,15,16,17). The van der Waals surface area contributed by atoms with Gasteiger partial charge in [0.15, 0.2) is 11.9 Å². The average Bonchev–Trinajstić information content (AvgIpc) is 2.20. The molecular formula is C12H19N5. The summed E-state index contributed by atoms with van der Waals surface area (Å²) in [5.41, 5.74) is 9.52. The summed E-state index contributed by atoms with van der Waals surface area (Å²) < 4.78 is 0. The maximum atomic E-state index is 7.64. The van der Waals surface area contributed by atoms with E-state index in [4.69, 9.17) is 16.6 Å². The van der Waals surface area contributed by atoms with Crippen LogP contribution in [-0.4, -0.2) is 11.9 Å². The SMILES string of the molecule is CCc1cc(C)cc(C)c1NC(=N)NC(=N)N. The summed E-state index contributed by atoms with van der Waals surface area (Å²) in [7, 11) is 0. The molecular weight excluding hydrogens is 214 g/mol. The summed E-state index contributed by atoms with van der Waals surface area (Å²) in [4.78, 5) is 0. The van der Waals surface area contributed by atoms with Gasteiger partial charge < -0.3 is 11.1 Å². The van der Waals surface area contributed by atoms with Gasteiger partial charge in [0, 0.05) is 5.69 Å². The fraction of sp³-hybridized carbons (Fsp3) is 0.333. The predicted molar refractivity (Wildman–Crippen MR) is 71.7 cm³/mol. The Morgan fingerprint density at radius 2 is 1.94 bits per heavy atom. The third kappa shape index (κ3) is 3.48. The predicted octanol–water partition coefficient (Wildman–Crippen LogP) is 1.70. The molecule has 1 aromatic rings. The van der Waals surface area contributed by atoms with Crippen molar-refractivity contribution in [2.75, 3.05) is 5.32 Å². The van der Waals surface area contributed by atoms with E-state index >= 15 is 0 Å². The number of anilines is 1. The first kappa shape index (κ1) is 13.0. The van der Waals surface area contributed by atoms with Crippen molar-refractivity contribution in [3.8, 4) is 0 Å². The lowest BCUT2D eigenvalue weighted by Gasteiger charge is -2.16. The Kier molecular flexibility index (Phi) is 4.09. The molecule has 0 unspecified atom stereocenters. The van der Waals surface area contributed by atoms with Gasteiger partial charge in [0.1, 0.15) is 0 Å². The molecule has 0 heterocycles. The van der Waals surface area contributed by atoms with Gasteiger partial charge in [0.2, 0.25) is 0 Å². The van der Waals surface area contributed by atoms with Crippen molar-refractivity contribution in [1.29, 1.82) is 10.8 Å². The molecule has 5 heteroatoms. The Hall–Kier alpha value is -2.04. The monoisotopic (exact) mass is 233 g/mol. The van der Waals surface area contributed by atoms with Crippen LogP contribution in [-0.2, 0) is 6.42 Å². The molecule has 5 nitrogen and oxygen atoms in total. The molecule has 17 heavy (non-hydrogen) atoms. The second kappa shape index (κ2) is 5.34. The number of nitrogens with two attached hydrogens (primary N) is 1. The fourth-order valence-corrected chi connectivity index (χ4v) is 1.80. The summed E-state index contributed by atoms with van der Waals surface area (Å²) in [6.45, 7) is 6.12. The molecule has 0 atom stereocenters. The molecule has 6 N–H and O–H groups in total. The van der Waals surface area contributed by atoms with Gasteiger partial charge in [0.25, 0.3) is 0 Å². The molecule has 0 aliphatic heterocycles. The van der Waals surface area contributed by atoms with Gasteiger partial charge in [-0.15, -0.1) is 0 Å². The van der Waals surface area contributed by atoms with E-state index in [0.29, 0.717) is 0 Å². The van der Waals surface area contributed by atoms with Gasteiger partial charge in [-0.2, -0.15) is 0 Å². The third-order valence-electron chi connectivity index (χ3n) is 2.45. The Morgan fingerprint density at radius 1 is 1.29 bits per heavy atom. The van der Waals surface area contributed by atoms with Crippen LogP contribution in [0, 0.1) is 24.7 Å². The Balaban J connectivity index is 2.97. The minimum atomic E-state index is -0.245. The van der Waals surface area contributed by atoms with Gasteiger partial charge in [-0.1, -0.05) is 24.6 Å². The minimum absolute atomic E-state index is 0.0131. The van der Waals surface area contributed by atoms with E-state index in [9.17, 15) is 0 Å². The van der Waals surface area contributed by atoms with E-state index < -0.39 is 0 Å². The Labute approximate surface area is 101 Å². The van der Waals surface area contributed by atoms with Crippen molar-refractivity contribution in [1.82, 2.24) is 5.32 Å². The number of hydrogen-bond acceptors (Lipinski definition) is 2. The van der Waals surface area contributed by atoms with Gasteiger partial charge in [-0.3, -0.25) is 16.1 Å². The van der Waals surface area contributed by atoms with E-state index in [0.717, 1.165) is 23.2 Å². The van der Waals surface area contributed by atoms with Gasteiger partial charge >= 0.3 is 0 Å². The quantitative estimate of drug-likeness (QED) is 0.397. The highest BCUT2D eigenvalue weighted by molar-refractivity contribution is 6.02. The molecule has 0 aliphatic rings. The number of nitrogens with one attached hydrogen (secondary N) is 4. The zero-order valence-corrected chi connectivity index (χ0v) is 10.4. The van der Waals surface area contributed by atoms with Crippen LogP contribution in [0.2, 0.25) is 0 Å². The highest BCUT2D eigenvalue weighted by atomic mass is 15.2. The van der Waals surface area contributed by atoms with Crippen LogP contribution in [0.5, 0.6) is 0 Å². The zero-order valence-electron chi connectivity index (χ0n) is 10.4. The maximum Gasteiger partial charge on any atom is 0.199 e. The number of hydrogen-bond donors (Lipinski definition) is 5. The molecule has 1 aromatic carbocycles. The first-order valence-corrected chi connectivity index (χ1v) is 5.50. The van der Waals surface area contributed by atoms with Crippen LogP contribution in [0.25, 0.3) is 0 Å².